The normalized spacial score (nSPS) is 38.0. The van der Waals surface area contributed by atoms with Crippen molar-refractivity contribution in [2.24, 2.45) is 11.8 Å². The maximum absolute atomic E-state index is 12.2. The van der Waals surface area contributed by atoms with Crippen molar-refractivity contribution < 1.29 is 4.79 Å². The van der Waals surface area contributed by atoms with Crippen LogP contribution >= 0.6 is 11.3 Å². The first-order chi connectivity index (χ1) is 8.72. The van der Waals surface area contributed by atoms with Gasteiger partial charge in [0.15, 0.2) is 5.01 Å². The minimum absolute atomic E-state index is 0.0348. The van der Waals surface area contributed by atoms with Crippen molar-refractivity contribution in [1.82, 2.24) is 10.3 Å². The molecule has 1 aromatic heterocycles. The van der Waals surface area contributed by atoms with Crippen molar-refractivity contribution in [3.8, 4) is 0 Å². The molecule has 1 heterocycles. The zero-order chi connectivity index (χ0) is 12.2. The number of hydrogen-bond donors (Lipinski definition) is 1. The van der Waals surface area contributed by atoms with Gasteiger partial charge in [0.2, 0.25) is 0 Å². The SMILES string of the molecule is O=C(NC12C[C]3CC(CC(C3)C1)C2)c1nccs1. The number of thiazole rings is 1. The van der Waals surface area contributed by atoms with Crippen molar-refractivity contribution in [3.63, 3.8) is 0 Å². The molecule has 0 saturated heterocycles. The van der Waals surface area contributed by atoms with Crippen LogP contribution in [0.15, 0.2) is 11.6 Å². The number of rotatable bonds is 2. The molecule has 4 aliphatic rings. The number of carbonyl (C=O) groups is 1. The summed E-state index contributed by atoms with van der Waals surface area (Å²) in [4.78, 5) is 16.3. The van der Waals surface area contributed by atoms with E-state index in [0.29, 0.717) is 5.01 Å². The van der Waals surface area contributed by atoms with Gasteiger partial charge in [0.1, 0.15) is 0 Å². The smallest absolute Gasteiger partial charge is 0.280 e. The Balaban J connectivity index is 1.56. The van der Waals surface area contributed by atoms with Crippen molar-refractivity contribution in [3.05, 3.63) is 22.5 Å². The number of carbonyl (C=O) groups excluding carboxylic acids is 1. The lowest BCUT2D eigenvalue weighted by Crippen LogP contribution is -2.59. The van der Waals surface area contributed by atoms with Crippen molar-refractivity contribution in [2.75, 3.05) is 0 Å². The third-order valence-electron chi connectivity index (χ3n) is 4.77. The molecule has 1 radical (unpaired) electrons. The molecule has 4 bridgehead atoms. The summed E-state index contributed by atoms with van der Waals surface area (Å²) in [5.74, 6) is 3.40. The van der Waals surface area contributed by atoms with Gasteiger partial charge < -0.3 is 5.32 Å². The molecule has 2 unspecified atom stereocenters. The molecule has 1 amide bonds. The van der Waals surface area contributed by atoms with Gasteiger partial charge in [-0.1, -0.05) is 0 Å². The molecule has 18 heavy (non-hydrogen) atoms. The number of nitrogens with zero attached hydrogens (tertiary/aromatic N) is 1. The second-order valence-corrected chi connectivity index (χ2v) is 7.18. The molecule has 0 spiro atoms. The van der Waals surface area contributed by atoms with E-state index < -0.39 is 0 Å². The van der Waals surface area contributed by atoms with E-state index in [9.17, 15) is 4.79 Å². The molecular weight excluding hydrogens is 244 g/mol. The average molecular weight is 261 g/mol. The van der Waals surface area contributed by atoms with Gasteiger partial charge in [0.25, 0.3) is 5.91 Å². The first-order valence-electron chi connectivity index (χ1n) is 6.78. The van der Waals surface area contributed by atoms with Crippen LogP contribution in [0, 0.1) is 17.8 Å². The van der Waals surface area contributed by atoms with E-state index in [0.717, 1.165) is 18.3 Å². The summed E-state index contributed by atoms with van der Waals surface area (Å²) in [6.45, 7) is 0. The van der Waals surface area contributed by atoms with E-state index in [2.05, 4.69) is 10.3 Å². The van der Waals surface area contributed by atoms with E-state index in [1.165, 1.54) is 43.4 Å². The van der Waals surface area contributed by atoms with Crippen LogP contribution in [0.3, 0.4) is 0 Å². The summed E-state index contributed by atoms with van der Waals surface area (Å²) in [6, 6.07) is 0. The highest BCUT2D eigenvalue weighted by Crippen LogP contribution is 2.56. The van der Waals surface area contributed by atoms with Gasteiger partial charge in [0, 0.05) is 17.1 Å². The van der Waals surface area contributed by atoms with Gasteiger partial charge in [-0.3, -0.25) is 4.79 Å². The van der Waals surface area contributed by atoms with Gasteiger partial charge in [-0.05, 0) is 56.3 Å². The fourth-order valence-electron chi connectivity index (χ4n) is 4.58. The summed E-state index contributed by atoms with van der Waals surface area (Å²) in [5.41, 5.74) is 0.0716. The highest BCUT2D eigenvalue weighted by Gasteiger charge is 2.51. The largest absolute Gasteiger partial charge is 0.345 e. The Bertz CT molecular complexity index is 433. The first kappa shape index (κ1) is 11.0. The fourth-order valence-corrected chi connectivity index (χ4v) is 5.11. The highest BCUT2D eigenvalue weighted by molar-refractivity contribution is 7.11. The zero-order valence-corrected chi connectivity index (χ0v) is 11.1. The molecule has 4 fully saturated rings. The quantitative estimate of drug-likeness (QED) is 0.889. The Morgan fingerprint density at radius 2 is 2.17 bits per heavy atom. The maximum atomic E-state index is 12.2. The van der Waals surface area contributed by atoms with Crippen LogP contribution < -0.4 is 5.32 Å². The van der Waals surface area contributed by atoms with Gasteiger partial charge in [0.05, 0.1) is 0 Å². The summed E-state index contributed by atoms with van der Waals surface area (Å²) < 4.78 is 0. The number of amides is 1. The predicted octanol–water partition coefficient (Wildman–Crippen LogP) is 2.80. The van der Waals surface area contributed by atoms with Crippen molar-refractivity contribution >= 4 is 17.2 Å². The fraction of sp³-hybridized carbons (Fsp3) is 0.643. The third-order valence-corrected chi connectivity index (χ3v) is 5.55. The molecule has 2 atom stereocenters. The Labute approximate surface area is 111 Å². The van der Waals surface area contributed by atoms with Crippen molar-refractivity contribution in [1.29, 1.82) is 0 Å². The minimum Gasteiger partial charge on any atom is -0.345 e. The number of nitrogens with one attached hydrogen (secondary N) is 1. The van der Waals surface area contributed by atoms with E-state index in [4.69, 9.17) is 0 Å². The Hall–Kier alpha value is -0.900. The molecule has 5 rings (SSSR count). The topological polar surface area (TPSA) is 42.0 Å². The first-order valence-corrected chi connectivity index (χ1v) is 7.66. The Kier molecular flexibility index (Phi) is 2.31. The van der Waals surface area contributed by atoms with Gasteiger partial charge in [-0.2, -0.15) is 0 Å². The third kappa shape index (κ3) is 1.69. The minimum atomic E-state index is 0.0348. The number of hydrogen-bond acceptors (Lipinski definition) is 3. The van der Waals surface area contributed by atoms with E-state index in [1.807, 2.05) is 5.38 Å². The summed E-state index contributed by atoms with van der Waals surface area (Å²) in [5, 5.41) is 5.79. The monoisotopic (exact) mass is 261 g/mol. The molecule has 0 aromatic carbocycles. The van der Waals surface area contributed by atoms with Crippen LogP contribution in [0.4, 0.5) is 0 Å². The van der Waals surface area contributed by atoms with E-state index in [-0.39, 0.29) is 11.4 Å². The molecule has 4 aliphatic carbocycles. The summed E-state index contributed by atoms with van der Waals surface area (Å²) in [6.07, 6.45) is 9.23. The van der Waals surface area contributed by atoms with E-state index >= 15 is 0 Å². The van der Waals surface area contributed by atoms with Crippen LogP contribution in [0.25, 0.3) is 0 Å². The van der Waals surface area contributed by atoms with Crippen LogP contribution in [0.5, 0.6) is 0 Å². The molecule has 0 aliphatic heterocycles. The average Bonchev–Trinajstić information content (AvgIpc) is 2.79. The van der Waals surface area contributed by atoms with Gasteiger partial charge >= 0.3 is 0 Å². The number of aromatic nitrogens is 1. The lowest BCUT2D eigenvalue weighted by atomic mass is 9.53. The Morgan fingerprint density at radius 1 is 1.39 bits per heavy atom. The van der Waals surface area contributed by atoms with Crippen LogP contribution in [-0.2, 0) is 0 Å². The summed E-state index contributed by atoms with van der Waals surface area (Å²) in [7, 11) is 0. The zero-order valence-electron chi connectivity index (χ0n) is 10.3. The molecular formula is C14H17N2OS. The van der Waals surface area contributed by atoms with Crippen LogP contribution in [0.1, 0.15) is 48.3 Å². The van der Waals surface area contributed by atoms with Crippen molar-refractivity contribution in [2.45, 2.75) is 44.1 Å². The van der Waals surface area contributed by atoms with Crippen LogP contribution in [-0.4, -0.2) is 16.4 Å². The second-order valence-electron chi connectivity index (χ2n) is 6.28. The van der Waals surface area contributed by atoms with Crippen LogP contribution in [0.2, 0.25) is 0 Å². The molecule has 4 heteroatoms. The highest BCUT2D eigenvalue weighted by atomic mass is 32.1. The molecule has 4 saturated carbocycles. The Morgan fingerprint density at radius 3 is 2.78 bits per heavy atom. The van der Waals surface area contributed by atoms with Gasteiger partial charge in [-0.15, -0.1) is 11.3 Å². The lowest BCUT2D eigenvalue weighted by molar-refractivity contribution is 0.0379. The van der Waals surface area contributed by atoms with E-state index in [1.54, 1.807) is 12.1 Å². The molecule has 95 valence electrons. The molecule has 1 N–H and O–H groups in total. The second kappa shape index (κ2) is 3.80. The lowest BCUT2D eigenvalue weighted by Gasteiger charge is -2.56. The molecule has 3 nitrogen and oxygen atoms in total. The maximum Gasteiger partial charge on any atom is 0.280 e. The summed E-state index contributed by atoms with van der Waals surface area (Å²) >= 11 is 1.43. The standard InChI is InChI=1S/C14H17N2OS/c17-12(13-15-1-2-18-13)16-14-6-9-3-10(7-14)5-11(4-9)8-14/h1-2,9-10H,3-8H2,(H,16,17). The molecule has 1 aromatic rings. The van der Waals surface area contributed by atoms with Gasteiger partial charge in [-0.25, -0.2) is 4.98 Å². The predicted molar refractivity (Wildman–Crippen MR) is 70.2 cm³/mol.